The smallest absolute Gasteiger partial charge is 0.237 e. The van der Waals surface area contributed by atoms with Gasteiger partial charge in [0, 0.05) is 11.4 Å². The summed E-state index contributed by atoms with van der Waals surface area (Å²) in [5.74, 6) is 0.680. The van der Waals surface area contributed by atoms with Gasteiger partial charge in [-0.3, -0.25) is 4.79 Å². The molecule has 1 fully saturated rings. The third-order valence-electron chi connectivity index (χ3n) is 2.80. The first-order chi connectivity index (χ1) is 7.66. The van der Waals surface area contributed by atoms with Crippen LogP contribution in [0, 0.1) is 5.92 Å². The van der Waals surface area contributed by atoms with Crippen LogP contribution in [0.5, 0.6) is 0 Å². The van der Waals surface area contributed by atoms with E-state index in [4.69, 9.17) is 0 Å². The lowest BCUT2D eigenvalue weighted by molar-refractivity contribution is -0.125. The average Bonchev–Trinajstić information content (AvgIpc) is 2.73. The number of nitrogens with one attached hydrogen (secondary N) is 2. The molecule has 1 saturated heterocycles. The van der Waals surface area contributed by atoms with E-state index in [9.17, 15) is 4.79 Å². The molecule has 0 radical (unpaired) electrons. The molecule has 0 aliphatic carbocycles. The Kier molecular flexibility index (Phi) is 8.02. The van der Waals surface area contributed by atoms with Gasteiger partial charge in [0.15, 0.2) is 0 Å². The van der Waals surface area contributed by atoms with Crippen LogP contribution >= 0.6 is 38.3 Å². The molecule has 0 spiro atoms. The lowest BCUT2D eigenvalue weighted by Gasteiger charge is -2.30. The first kappa shape index (κ1) is 17.8. The predicted molar refractivity (Wildman–Crippen MR) is 87.2 cm³/mol. The standard InChI is InChI=1S/C12H18N2OS.2H2S/c1-8(2)6-9-12(15)14-10(7-13-9)11-4-3-5-16-11;;/h3-5,8-10,13H,6-7H2,1-2H3,(H,14,15);2*1H2/t9-,10-;;/m0../s1. The molecular weight excluding hydrogens is 284 g/mol. The Hall–Kier alpha value is -0.170. The first-order valence-electron chi connectivity index (χ1n) is 5.74. The Balaban J connectivity index is 0.00000144. The fourth-order valence-corrected chi connectivity index (χ4v) is 2.78. The van der Waals surface area contributed by atoms with Crippen LogP contribution in [0.25, 0.3) is 0 Å². The van der Waals surface area contributed by atoms with Crippen LogP contribution < -0.4 is 10.6 Å². The van der Waals surface area contributed by atoms with Gasteiger partial charge >= 0.3 is 0 Å². The summed E-state index contributed by atoms with van der Waals surface area (Å²) in [4.78, 5) is 13.1. The topological polar surface area (TPSA) is 41.1 Å². The van der Waals surface area contributed by atoms with E-state index in [1.165, 1.54) is 4.88 Å². The van der Waals surface area contributed by atoms with Crippen molar-refractivity contribution < 1.29 is 4.79 Å². The normalized spacial score (nSPS) is 22.9. The maximum atomic E-state index is 11.9. The SMILES string of the molecule is CC(C)C[C@@H]1NC[C@@H](c2cccs2)NC1=O.S.S. The Morgan fingerprint density at radius 2 is 2.17 bits per heavy atom. The summed E-state index contributed by atoms with van der Waals surface area (Å²) in [6.45, 7) is 5.12. The Morgan fingerprint density at radius 1 is 1.44 bits per heavy atom. The molecular formula is C12H22N2OS3. The summed E-state index contributed by atoms with van der Waals surface area (Å²) >= 11 is 1.69. The van der Waals surface area contributed by atoms with Crippen LogP contribution in [0.2, 0.25) is 0 Å². The van der Waals surface area contributed by atoms with Crippen LogP contribution in [-0.4, -0.2) is 18.5 Å². The minimum absolute atomic E-state index is 0. The number of carbonyl (C=O) groups excluding carboxylic acids is 1. The van der Waals surface area contributed by atoms with E-state index in [1.54, 1.807) is 11.3 Å². The number of hydrogen-bond donors (Lipinski definition) is 2. The summed E-state index contributed by atoms with van der Waals surface area (Å²) in [6, 6.07) is 4.22. The van der Waals surface area contributed by atoms with Gasteiger partial charge in [0.2, 0.25) is 5.91 Å². The van der Waals surface area contributed by atoms with Crippen molar-refractivity contribution in [2.45, 2.75) is 32.4 Å². The van der Waals surface area contributed by atoms with Crippen LogP contribution in [0.4, 0.5) is 0 Å². The molecule has 6 heteroatoms. The average molecular weight is 307 g/mol. The monoisotopic (exact) mass is 306 g/mol. The summed E-state index contributed by atoms with van der Waals surface area (Å²) in [6.07, 6.45) is 0.906. The molecule has 1 aromatic heterocycles. The molecule has 2 atom stereocenters. The van der Waals surface area contributed by atoms with E-state index in [1.807, 2.05) is 11.4 Å². The van der Waals surface area contributed by atoms with Crippen LogP contribution in [-0.2, 0) is 4.79 Å². The number of piperazine rings is 1. The first-order valence-corrected chi connectivity index (χ1v) is 6.62. The molecule has 3 nitrogen and oxygen atoms in total. The third-order valence-corrected chi connectivity index (χ3v) is 3.78. The number of amides is 1. The molecule has 0 saturated carbocycles. The molecule has 2 rings (SSSR count). The second kappa shape index (κ2) is 8.09. The van der Waals surface area contributed by atoms with Crippen molar-refractivity contribution in [3.8, 4) is 0 Å². The quantitative estimate of drug-likeness (QED) is 0.898. The molecule has 0 aromatic carbocycles. The van der Waals surface area contributed by atoms with Gasteiger partial charge < -0.3 is 10.6 Å². The van der Waals surface area contributed by atoms with E-state index in [0.29, 0.717) is 5.92 Å². The van der Waals surface area contributed by atoms with Gasteiger partial charge in [0.1, 0.15) is 0 Å². The Labute approximate surface area is 127 Å². The number of thiophene rings is 1. The van der Waals surface area contributed by atoms with Gasteiger partial charge in [-0.2, -0.15) is 27.0 Å². The highest BCUT2D eigenvalue weighted by molar-refractivity contribution is 7.59. The van der Waals surface area contributed by atoms with E-state index in [-0.39, 0.29) is 45.0 Å². The van der Waals surface area contributed by atoms with Gasteiger partial charge in [0.05, 0.1) is 12.1 Å². The fraction of sp³-hybridized carbons (Fsp3) is 0.583. The van der Waals surface area contributed by atoms with E-state index < -0.39 is 0 Å². The van der Waals surface area contributed by atoms with Gasteiger partial charge in [-0.25, -0.2) is 0 Å². The zero-order valence-corrected chi connectivity index (χ0v) is 13.5. The van der Waals surface area contributed by atoms with Crippen molar-refractivity contribution in [2.75, 3.05) is 6.54 Å². The molecule has 104 valence electrons. The van der Waals surface area contributed by atoms with Crippen LogP contribution in [0.15, 0.2) is 17.5 Å². The highest BCUT2D eigenvalue weighted by Gasteiger charge is 2.28. The van der Waals surface area contributed by atoms with Crippen molar-refractivity contribution in [2.24, 2.45) is 5.92 Å². The number of hydrogen-bond acceptors (Lipinski definition) is 3. The maximum Gasteiger partial charge on any atom is 0.237 e. The van der Waals surface area contributed by atoms with E-state index >= 15 is 0 Å². The zero-order chi connectivity index (χ0) is 11.5. The van der Waals surface area contributed by atoms with Crippen LogP contribution in [0.1, 0.15) is 31.2 Å². The fourth-order valence-electron chi connectivity index (χ4n) is 2.00. The summed E-state index contributed by atoms with van der Waals surface area (Å²) < 4.78 is 0. The summed E-state index contributed by atoms with van der Waals surface area (Å²) in [7, 11) is 0. The number of carbonyl (C=O) groups is 1. The molecule has 1 aromatic rings. The second-order valence-corrected chi connectivity index (χ2v) is 5.65. The Morgan fingerprint density at radius 3 is 2.67 bits per heavy atom. The maximum absolute atomic E-state index is 11.9. The largest absolute Gasteiger partial charge is 0.346 e. The minimum atomic E-state index is -0.0174. The predicted octanol–water partition coefficient (Wildman–Crippen LogP) is 2.15. The molecule has 18 heavy (non-hydrogen) atoms. The highest BCUT2D eigenvalue weighted by Crippen LogP contribution is 2.21. The molecule has 2 N–H and O–H groups in total. The van der Waals surface area contributed by atoms with Crippen molar-refractivity contribution in [1.29, 1.82) is 0 Å². The van der Waals surface area contributed by atoms with Crippen molar-refractivity contribution in [3.05, 3.63) is 22.4 Å². The zero-order valence-electron chi connectivity index (χ0n) is 10.7. The van der Waals surface area contributed by atoms with E-state index in [0.717, 1.165) is 13.0 Å². The van der Waals surface area contributed by atoms with Crippen molar-refractivity contribution in [3.63, 3.8) is 0 Å². The number of rotatable bonds is 3. The van der Waals surface area contributed by atoms with Crippen LogP contribution in [0.3, 0.4) is 0 Å². The van der Waals surface area contributed by atoms with Gasteiger partial charge in [0.25, 0.3) is 0 Å². The molecule has 0 unspecified atom stereocenters. The van der Waals surface area contributed by atoms with Crippen molar-refractivity contribution >= 4 is 44.2 Å². The van der Waals surface area contributed by atoms with E-state index in [2.05, 4.69) is 30.5 Å². The molecule has 2 heterocycles. The lowest BCUT2D eigenvalue weighted by atomic mass is 10.0. The van der Waals surface area contributed by atoms with Gasteiger partial charge in [-0.05, 0) is 23.8 Å². The second-order valence-electron chi connectivity index (χ2n) is 4.67. The van der Waals surface area contributed by atoms with Crippen molar-refractivity contribution in [1.82, 2.24) is 10.6 Å². The molecule has 1 aliphatic heterocycles. The minimum Gasteiger partial charge on any atom is -0.346 e. The summed E-state index contributed by atoms with van der Waals surface area (Å²) in [5, 5.41) is 8.46. The summed E-state index contributed by atoms with van der Waals surface area (Å²) in [5.41, 5.74) is 0. The lowest BCUT2D eigenvalue weighted by Crippen LogP contribution is -2.54. The third kappa shape index (κ3) is 4.50. The molecule has 1 aliphatic rings. The Bertz CT molecular complexity index is 354. The molecule has 0 bridgehead atoms. The highest BCUT2D eigenvalue weighted by atomic mass is 32.1. The van der Waals surface area contributed by atoms with Gasteiger partial charge in [-0.15, -0.1) is 11.3 Å². The van der Waals surface area contributed by atoms with Gasteiger partial charge in [-0.1, -0.05) is 19.9 Å². The molecule has 1 amide bonds.